The second kappa shape index (κ2) is 6.96. The summed E-state index contributed by atoms with van der Waals surface area (Å²) in [5.41, 5.74) is 1.89. The Bertz CT molecular complexity index is 572. The van der Waals surface area contributed by atoms with E-state index in [0.29, 0.717) is 17.3 Å². The molecule has 0 saturated heterocycles. The molecule has 0 saturated carbocycles. The molecule has 2 aromatic carbocycles. The van der Waals surface area contributed by atoms with E-state index in [0.717, 1.165) is 0 Å². The van der Waals surface area contributed by atoms with E-state index in [1.165, 1.54) is 5.56 Å². The highest BCUT2D eigenvalue weighted by molar-refractivity contribution is 6.30. The smallest absolute Gasteiger partial charge is 0.319 e. The first-order valence-corrected chi connectivity index (χ1v) is 6.88. The molecule has 3 nitrogen and oxygen atoms in total. The van der Waals surface area contributed by atoms with E-state index in [9.17, 15) is 4.79 Å². The third-order valence-corrected chi connectivity index (χ3v) is 3.25. The summed E-state index contributed by atoms with van der Waals surface area (Å²) < 4.78 is 0. The molecule has 0 heterocycles. The molecule has 0 aliphatic heterocycles. The zero-order valence-electron chi connectivity index (χ0n) is 11.3. The van der Waals surface area contributed by atoms with Crippen LogP contribution in [0.3, 0.4) is 0 Å². The van der Waals surface area contributed by atoms with Crippen LogP contribution in [-0.4, -0.2) is 12.6 Å². The van der Waals surface area contributed by atoms with Crippen LogP contribution in [0.25, 0.3) is 0 Å². The lowest BCUT2D eigenvalue weighted by Gasteiger charge is -2.13. The largest absolute Gasteiger partial charge is 0.337 e. The summed E-state index contributed by atoms with van der Waals surface area (Å²) in [6.07, 6.45) is 0. The van der Waals surface area contributed by atoms with Crippen molar-refractivity contribution in [3.05, 3.63) is 65.2 Å². The van der Waals surface area contributed by atoms with Crippen molar-refractivity contribution in [2.24, 2.45) is 0 Å². The van der Waals surface area contributed by atoms with Gasteiger partial charge in [0.05, 0.1) is 0 Å². The summed E-state index contributed by atoms with van der Waals surface area (Å²) in [6.45, 7) is 2.66. The van der Waals surface area contributed by atoms with Crippen LogP contribution >= 0.6 is 11.6 Å². The summed E-state index contributed by atoms with van der Waals surface area (Å²) in [5.74, 6) is 0.265. The van der Waals surface area contributed by atoms with E-state index >= 15 is 0 Å². The van der Waals surface area contributed by atoms with Crippen LogP contribution in [0.15, 0.2) is 54.6 Å². The molecule has 0 fully saturated rings. The fraction of sp³-hybridized carbons (Fsp3) is 0.188. The summed E-state index contributed by atoms with van der Waals surface area (Å²) >= 11 is 5.86. The normalized spacial score (nSPS) is 11.7. The third kappa shape index (κ3) is 4.28. The predicted octanol–water partition coefficient (Wildman–Crippen LogP) is 4.27. The van der Waals surface area contributed by atoms with E-state index < -0.39 is 0 Å². The Morgan fingerprint density at radius 2 is 1.90 bits per heavy atom. The van der Waals surface area contributed by atoms with E-state index in [1.54, 1.807) is 24.3 Å². The average Bonchev–Trinajstić information content (AvgIpc) is 2.46. The maximum absolute atomic E-state index is 11.8. The number of hydrogen-bond acceptors (Lipinski definition) is 1. The van der Waals surface area contributed by atoms with Crippen molar-refractivity contribution in [3.63, 3.8) is 0 Å². The number of benzene rings is 2. The van der Waals surface area contributed by atoms with E-state index in [4.69, 9.17) is 11.6 Å². The molecule has 2 N–H and O–H groups in total. The Hall–Kier alpha value is -2.00. The van der Waals surface area contributed by atoms with Crippen molar-refractivity contribution in [2.45, 2.75) is 12.8 Å². The highest BCUT2D eigenvalue weighted by Gasteiger charge is 2.07. The second-order valence-corrected chi connectivity index (χ2v) is 5.09. The highest BCUT2D eigenvalue weighted by atomic mass is 35.5. The lowest BCUT2D eigenvalue weighted by atomic mass is 10.0. The van der Waals surface area contributed by atoms with Gasteiger partial charge in [-0.3, -0.25) is 0 Å². The van der Waals surface area contributed by atoms with Crippen molar-refractivity contribution in [1.29, 1.82) is 0 Å². The summed E-state index contributed by atoms with van der Waals surface area (Å²) in [4.78, 5) is 11.8. The van der Waals surface area contributed by atoms with Crippen LogP contribution in [0.5, 0.6) is 0 Å². The molecule has 0 bridgehead atoms. The Kier molecular flexibility index (Phi) is 5.02. The van der Waals surface area contributed by atoms with Gasteiger partial charge < -0.3 is 10.6 Å². The molecule has 0 aliphatic carbocycles. The molecule has 2 aromatic rings. The van der Waals surface area contributed by atoms with Crippen molar-refractivity contribution < 1.29 is 4.79 Å². The number of hydrogen-bond donors (Lipinski definition) is 2. The predicted molar refractivity (Wildman–Crippen MR) is 83.3 cm³/mol. The van der Waals surface area contributed by atoms with Crippen molar-refractivity contribution in [1.82, 2.24) is 5.32 Å². The first-order chi connectivity index (χ1) is 9.65. The van der Waals surface area contributed by atoms with Gasteiger partial charge in [-0.15, -0.1) is 0 Å². The van der Waals surface area contributed by atoms with E-state index in [-0.39, 0.29) is 11.9 Å². The van der Waals surface area contributed by atoms with Gasteiger partial charge >= 0.3 is 6.03 Å². The van der Waals surface area contributed by atoms with Gasteiger partial charge in [-0.05, 0) is 29.7 Å². The number of amides is 2. The second-order valence-electron chi connectivity index (χ2n) is 4.66. The maximum Gasteiger partial charge on any atom is 0.319 e. The highest BCUT2D eigenvalue weighted by Crippen LogP contribution is 2.15. The van der Waals surface area contributed by atoms with Gasteiger partial charge in [0.2, 0.25) is 0 Å². The molecule has 0 unspecified atom stereocenters. The molecule has 0 spiro atoms. The Morgan fingerprint density at radius 3 is 2.60 bits per heavy atom. The van der Waals surface area contributed by atoms with Gasteiger partial charge in [-0.2, -0.15) is 0 Å². The zero-order valence-corrected chi connectivity index (χ0v) is 12.0. The number of anilines is 1. The van der Waals surface area contributed by atoms with Crippen LogP contribution in [0.2, 0.25) is 5.02 Å². The molecule has 4 heteroatoms. The van der Waals surface area contributed by atoms with Gasteiger partial charge in [-0.25, -0.2) is 4.79 Å². The van der Waals surface area contributed by atoms with Gasteiger partial charge in [-0.1, -0.05) is 54.9 Å². The van der Waals surface area contributed by atoms with Gasteiger partial charge in [0, 0.05) is 17.3 Å². The van der Waals surface area contributed by atoms with E-state index in [1.807, 2.05) is 18.2 Å². The Labute approximate surface area is 124 Å². The number of rotatable bonds is 4. The minimum absolute atomic E-state index is 0.227. The number of carbonyl (C=O) groups is 1. The SMILES string of the molecule is C[C@H](CNC(=O)Nc1cccc(Cl)c1)c1ccccc1. The molecular weight excluding hydrogens is 272 g/mol. The lowest BCUT2D eigenvalue weighted by molar-refractivity contribution is 0.251. The average molecular weight is 289 g/mol. The van der Waals surface area contributed by atoms with Crippen molar-refractivity contribution >= 4 is 23.3 Å². The third-order valence-electron chi connectivity index (χ3n) is 3.02. The van der Waals surface area contributed by atoms with Gasteiger partial charge in [0.15, 0.2) is 0 Å². The monoisotopic (exact) mass is 288 g/mol. The fourth-order valence-electron chi connectivity index (χ4n) is 1.89. The minimum atomic E-state index is -0.227. The Morgan fingerprint density at radius 1 is 1.15 bits per heavy atom. The number of carbonyl (C=O) groups excluding carboxylic acids is 1. The quantitative estimate of drug-likeness (QED) is 0.867. The van der Waals surface area contributed by atoms with Crippen LogP contribution in [-0.2, 0) is 0 Å². The molecule has 1 atom stereocenters. The first kappa shape index (κ1) is 14.4. The number of nitrogens with one attached hydrogen (secondary N) is 2. The summed E-state index contributed by atoms with van der Waals surface area (Å²) in [5, 5.41) is 6.21. The molecule has 2 amide bonds. The molecular formula is C16H17ClN2O. The Balaban J connectivity index is 1.83. The number of urea groups is 1. The number of halogens is 1. The summed E-state index contributed by atoms with van der Waals surface area (Å²) in [7, 11) is 0. The lowest BCUT2D eigenvalue weighted by Crippen LogP contribution is -2.31. The van der Waals surface area contributed by atoms with Gasteiger partial charge in [0.1, 0.15) is 0 Å². The first-order valence-electron chi connectivity index (χ1n) is 6.50. The van der Waals surface area contributed by atoms with Crippen molar-refractivity contribution in [3.8, 4) is 0 Å². The molecule has 20 heavy (non-hydrogen) atoms. The van der Waals surface area contributed by atoms with Crippen molar-refractivity contribution in [2.75, 3.05) is 11.9 Å². The molecule has 0 aliphatic rings. The van der Waals surface area contributed by atoms with Crippen LogP contribution < -0.4 is 10.6 Å². The molecule has 0 radical (unpaired) electrons. The summed E-state index contributed by atoms with van der Waals surface area (Å²) in [6, 6.07) is 16.9. The van der Waals surface area contributed by atoms with Gasteiger partial charge in [0.25, 0.3) is 0 Å². The van der Waals surface area contributed by atoms with E-state index in [2.05, 4.69) is 29.7 Å². The zero-order chi connectivity index (χ0) is 14.4. The molecule has 2 rings (SSSR count). The van der Waals surface area contributed by atoms with Crippen LogP contribution in [0, 0.1) is 0 Å². The fourth-order valence-corrected chi connectivity index (χ4v) is 2.08. The van der Waals surface area contributed by atoms with Crippen LogP contribution in [0.1, 0.15) is 18.4 Å². The maximum atomic E-state index is 11.8. The minimum Gasteiger partial charge on any atom is -0.337 e. The molecule has 104 valence electrons. The van der Waals surface area contributed by atoms with Crippen LogP contribution in [0.4, 0.5) is 10.5 Å². The topological polar surface area (TPSA) is 41.1 Å². The molecule has 0 aromatic heterocycles. The standard InChI is InChI=1S/C16H17ClN2O/c1-12(13-6-3-2-4-7-13)11-18-16(20)19-15-9-5-8-14(17)10-15/h2-10,12H,11H2,1H3,(H2,18,19,20)/t12-/m1/s1.